The number of methoxy groups -OCH3 is 1. The van der Waals surface area contributed by atoms with Gasteiger partial charge in [-0.1, -0.05) is 12.1 Å². The van der Waals surface area contributed by atoms with Crippen LogP contribution in [0.1, 0.15) is 17.2 Å². The molecule has 0 aliphatic carbocycles. The minimum Gasteiger partial charge on any atom is -0.504 e. The monoisotopic (exact) mass is 323 g/mol. The molecule has 0 fully saturated rings. The van der Waals surface area contributed by atoms with Crippen molar-refractivity contribution in [1.29, 1.82) is 0 Å². The summed E-state index contributed by atoms with van der Waals surface area (Å²) in [4.78, 5) is 1.72. The van der Waals surface area contributed by atoms with Gasteiger partial charge in [0.1, 0.15) is 11.6 Å². The Morgan fingerprint density at radius 1 is 1.17 bits per heavy atom. The van der Waals surface area contributed by atoms with Crippen LogP contribution in [0.15, 0.2) is 36.4 Å². The van der Waals surface area contributed by atoms with Crippen LogP contribution in [0.4, 0.5) is 8.78 Å². The number of nitrogens with zero attached hydrogens (tertiary/aromatic N) is 1. The summed E-state index contributed by atoms with van der Waals surface area (Å²) in [6.45, 7) is 0.477. The summed E-state index contributed by atoms with van der Waals surface area (Å²) in [7, 11) is 3.18. The number of halogens is 2. The Kier molecular flexibility index (Phi) is 5.52. The molecule has 1 unspecified atom stereocenters. The van der Waals surface area contributed by atoms with E-state index in [1.165, 1.54) is 19.2 Å². The fourth-order valence-corrected chi connectivity index (χ4v) is 2.41. The minimum absolute atomic E-state index is 0.0346. The molecule has 0 aliphatic heterocycles. The van der Waals surface area contributed by atoms with Crippen molar-refractivity contribution < 1.29 is 23.7 Å². The van der Waals surface area contributed by atoms with E-state index < -0.39 is 17.7 Å². The number of aromatic hydroxyl groups is 1. The lowest BCUT2D eigenvalue weighted by molar-refractivity contribution is 0.117. The Morgan fingerprint density at radius 3 is 2.43 bits per heavy atom. The number of hydrogen-bond acceptors (Lipinski definition) is 4. The van der Waals surface area contributed by atoms with Gasteiger partial charge >= 0.3 is 0 Å². The molecule has 6 heteroatoms. The van der Waals surface area contributed by atoms with Gasteiger partial charge in [-0.2, -0.15) is 0 Å². The van der Waals surface area contributed by atoms with Gasteiger partial charge in [0.25, 0.3) is 0 Å². The van der Waals surface area contributed by atoms with Crippen LogP contribution in [0.2, 0.25) is 0 Å². The molecule has 0 aromatic heterocycles. The second-order valence-electron chi connectivity index (χ2n) is 5.35. The number of likely N-dealkylation sites (N-methyl/N-ethyl adjacent to an activating group) is 1. The van der Waals surface area contributed by atoms with Crippen molar-refractivity contribution in [3.63, 3.8) is 0 Å². The number of phenolic OH excluding ortho intramolecular Hbond substituents is 1. The number of hydrogen-bond donors (Lipinski definition) is 2. The summed E-state index contributed by atoms with van der Waals surface area (Å²) in [6, 6.07) is 8.38. The van der Waals surface area contributed by atoms with E-state index >= 15 is 0 Å². The predicted octanol–water partition coefficient (Wildman–Crippen LogP) is 2.84. The average molecular weight is 323 g/mol. The third kappa shape index (κ3) is 4.18. The number of aliphatic hydroxyl groups is 1. The molecular weight excluding hydrogens is 304 g/mol. The van der Waals surface area contributed by atoms with E-state index in [1.807, 2.05) is 0 Å². The molecule has 0 heterocycles. The molecule has 0 aliphatic rings. The molecule has 2 aromatic carbocycles. The minimum atomic E-state index is -1.28. The smallest absolute Gasteiger partial charge is 0.160 e. The quantitative estimate of drug-likeness (QED) is 0.858. The van der Waals surface area contributed by atoms with Gasteiger partial charge in [-0.25, -0.2) is 8.78 Å². The van der Waals surface area contributed by atoms with Gasteiger partial charge in [0.05, 0.1) is 18.8 Å². The topological polar surface area (TPSA) is 52.9 Å². The number of benzene rings is 2. The Balaban J connectivity index is 2.06. The lowest BCUT2D eigenvalue weighted by Gasteiger charge is -2.21. The zero-order valence-corrected chi connectivity index (χ0v) is 13.0. The first-order valence-corrected chi connectivity index (χ1v) is 7.08. The van der Waals surface area contributed by atoms with Crippen LogP contribution in [-0.4, -0.2) is 35.8 Å². The number of phenols is 1. The molecule has 0 amide bonds. The molecule has 0 saturated carbocycles. The highest BCUT2D eigenvalue weighted by atomic mass is 19.1. The molecule has 0 bridgehead atoms. The fraction of sp³-hybridized carbons (Fsp3) is 0.294. The molecule has 2 aromatic rings. The standard InChI is InChI=1S/C17H19F2NO3/c1-20(9-11-6-7-14(21)16(8-11)23-2)10-15(22)17-12(18)4-3-5-13(17)19/h3-8,15,21-22H,9-10H2,1-2H3. The largest absolute Gasteiger partial charge is 0.504 e. The highest BCUT2D eigenvalue weighted by Gasteiger charge is 2.19. The summed E-state index contributed by atoms with van der Waals surface area (Å²) < 4.78 is 32.3. The SMILES string of the molecule is COc1cc(CN(C)CC(O)c2c(F)cccc2F)ccc1O. The van der Waals surface area contributed by atoms with E-state index in [0.717, 1.165) is 17.7 Å². The predicted molar refractivity (Wildman–Crippen MR) is 82.3 cm³/mol. The van der Waals surface area contributed by atoms with Crippen LogP contribution in [0.5, 0.6) is 11.5 Å². The Morgan fingerprint density at radius 2 is 1.83 bits per heavy atom. The molecular formula is C17H19F2NO3. The number of rotatable bonds is 6. The molecule has 2 rings (SSSR count). The van der Waals surface area contributed by atoms with Gasteiger partial charge in [-0.05, 0) is 36.9 Å². The van der Waals surface area contributed by atoms with Crippen LogP contribution < -0.4 is 4.74 Å². The molecule has 0 spiro atoms. The van der Waals surface area contributed by atoms with E-state index in [1.54, 1.807) is 24.1 Å². The summed E-state index contributed by atoms with van der Waals surface area (Å²) >= 11 is 0. The van der Waals surface area contributed by atoms with Crippen molar-refractivity contribution in [1.82, 2.24) is 4.90 Å². The second kappa shape index (κ2) is 7.39. The van der Waals surface area contributed by atoms with Gasteiger partial charge in [0.15, 0.2) is 11.5 Å². The maximum atomic E-state index is 13.7. The molecule has 23 heavy (non-hydrogen) atoms. The maximum Gasteiger partial charge on any atom is 0.160 e. The van der Waals surface area contributed by atoms with Gasteiger partial charge in [-0.3, -0.25) is 4.90 Å². The van der Waals surface area contributed by atoms with E-state index in [0.29, 0.717) is 12.3 Å². The molecule has 2 N–H and O–H groups in total. The molecule has 1 atom stereocenters. The average Bonchev–Trinajstić information content (AvgIpc) is 2.48. The van der Waals surface area contributed by atoms with Crippen LogP contribution in [0.25, 0.3) is 0 Å². The summed E-state index contributed by atoms with van der Waals surface area (Å²) in [5.41, 5.74) is 0.506. The summed E-state index contributed by atoms with van der Waals surface area (Å²) in [5.74, 6) is -1.15. The zero-order valence-electron chi connectivity index (χ0n) is 13.0. The Labute approximate surface area is 133 Å². The fourth-order valence-electron chi connectivity index (χ4n) is 2.41. The second-order valence-corrected chi connectivity index (χ2v) is 5.35. The normalized spacial score (nSPS) is 12.4. The first-order valence-electron chi connectivity index (χ1n) is 7.08. The van der Waals surface area contributed by atoms with Crippen molar-refractivity contribution in [2.45, 2.75) is 12.6 Å². The third-order valence-electron chi connectivity index (χ3n) is 3.51. The van der Waals surface area contributed by atoms with Crippen LogP contribution in [-0.2, 0) is 6.54 Å². The molecule has 4 nitrogen and oxygen atoms in total. The summed E-state index contributed by atoms with van der Waals surface area (Å²) in [5, 5.41) is 19.7. The van der Waals surface area contributed by atoms with Crippen LogP contribution in [0, 0.1) is 11.6 Å². The third-order valence-corrected chi connectivity index (χ3v) is 3.51. The summed E-state index contributed by atoms with van der Waals surface area (Å²) in [6.07, 6.45) is -1.28. The van der Waals surface area contributed by atoms with Crippen molar-refractivity contribution in [2.24, 2.45) is 0 Å². The lowest BCUT2D eigenvalue weighted by atomic mass is 10.1. The molecule has 0 saturated heterocycles. The van der Waals surface area contributed by atoms with Crippen LogP contribution >= 0.6 is 0 Å². The maximum absolute atomic E-state index is 13.7. The van der Waals surface area contributed by atoms with E-state index in [4.69, 9.17) is 4.74 Å². The Bertz CT molecular complexity index is 659. The van der Waals surface area contributed by atoms with Crippen molar-refractivity contribution in [3.8, 4) is 11.5 Å². The lowest BCUT2D eigenvalue weighted by Crippen LogP contribution is -2.25. The van der Waals surface area contributed by atoms with E-state index in [-0.39, 0.29) is 17.9 Å². The first kappa shape index (κ1) is 17.2. The van der Waals surface area contributed by atoms with Gasteiger partial charge < -0.3 is 14.9 Å². The Hall–Kier alpha value is -2.18. The van der Waals surface area contributed by atoms with E-state index in [2.05, 4.69) is 0 Å². The molecule has 0 radical (unpaired) electrons. The van der Waals surface area contributed by atoms with Gasteiger partial charge in [0.2, 0.25) is 0 Å². The van der Waals surface area contributed by atoms with E-state index in [9.17, 15) is 19.0 Å². The van der Waals surface area contributed by atoms with Gasteiger partial charge in [0, 0.05) is 13.1 Å². The molecule has 124 valence electrons. The zero-order chi connectivity index (χ0) is 17.0. The van der Waals surface area contributed by atoms with Crippen molar-refractivity contribution in [2.75, 3.05) is 20.7 Å². The highest BCUT2D eigenvalue weighted by molar-refractivity contribution is 5.41. The highest BCUT2D eigenvalue weighted by Crippen LogP contribution is 2.27. The van der Waals surface area contributed by atoms with Crippen molar-refractivity contribution >= 4 is 0 Å². The van der Waals surface area contributed by atoms with Crippen molar-refractivity contribution in [3.05, 3.63) is 59.2 Å². The first-order chi connectivity index (χ1) is 10.9. The van der Waals surface area contributed by atoms with Gasteiger partial charge in [-0.15, -0.1) is 0 Å². The number of ether oxygens (including phenoxy) is 1. The number of aliphatic hydroxyl groups excluding tert-OH is 1. The van der Waals surface area contributed by atoms with Crippen LogP contribution in [0.3, 0.4) is 0 Å².